The zero-order valence-electron chi connectivity index (χ0n) is 7.92. The summed E-state index contributed by atoms with van der Waals surface area (Å²) in [6.07, 6.45) is 0. The monoisotopic (exact) mass is 508 g/mol. The molecule has 18 N–H and O–H groups in total. The van der Waals surface area contributed by atoms with Crippen molar-refractivity contribution in [3.05, 3.63) is 20.2 Å². The molecular formula is H18N2O14U. The number of hydrogen-bond donors (Lipinski definition) is 2. The van der Waals surface area contributed by atoms with Crippen LogP contribution in [0.1, 0.15) is 0 Å². The zero-order chi connectivity index (χ0) is 7.15. The quantitative estimate of drug-likeness (QED) is 0.236. The standard InChI is InChI=1S/2HNO3.8H2O.U/c2*2-1(3)4;;;;;;;;;/h2*(H,2,3,4);8*1H2;. The molecule has 0 saturated carbocycles. The Morgan fingerprint density at radius 3 is 0.588 bits per heavy atom. The third kappa shape index (κ3) is 3460. The maximum atomic E-state index is 8.36. The molecule has 0 fully saturated rings. The topological polar surface area (TPSA) is 379 Å². The van der Waals surface area contributed by atoms with Crippen LogP contribution in [0.2, 0.25) is 0 Å². The summed E-state index contributed by atoms with van der Waals surface area (Å²) in [6, 6.07) is 0. The molecule has 16 nitrogen and oxygen atoms in total. The van der Waals surface area contributed by atoms with Gasteiger partial charge in [0.05, 0.1) is 0 Å². The molecule has 0 heterocycles. The number of hydrogen-bond acceptors (Lipinski definition) is 4. The van der Waals surface area contributed by atoms with E-state index in [1.165, 1.54) is 0 Å². The van der Waals surface area contributed by atoms with Crippen LogP contribution in [-0.2, 0) is 0 Å². The fourth-order valence-electron chi connectivity index (χ4n) is 0. The second kappa shape index (κ2) is 115. The first-order valence-corrected chi connectivity index (χ1v) is 1.13. The van der Waals surface area contributed by atoms with Crippen LogP contribution in [0.15, 0.2) is 0 Å². The van der Waals surface area contributed by atoms with Gasteiger partial charge in [0.15, 0.2) is 0 Å². The second-order valence-corrected chi connectivity index (χ2v) is 0.476. The van der Waals surface area contributed by atoms with Gasteiger partial charge in [-0.3, -0.25) is 0 Å². The maximum Gasteiger partial charge on any atom is 0.291 e. The minimum atomic E-state index is -1.50. The number of nitrogens with zero attached hydrogens (tertiary/aromatic N) is 2. The molecule has 0 unspecified atom stereocenters. The summed E-state index contributed by atoms with van der Waals surface area (Å²) in [4.78, 5) is 16.7. The van der Waals surface area contributed by atoms with Gasteiger partial charge in [-0.1, -0.05) is 0 Å². The molecule has 0 saturated heterocycles. The predicted molar refractivity (Wildman–Crippen MR) is 46.5 cm³/mol. The van der Waals surface area contributed by atoms with Crippen LogP contribution in [0.4, 0.5) is 0 Å². The molecule has 0 spiro atoms. The Bertz CT molecular complexity index is 72.2. The third-order valence-electron chi connectivity index (χ3n) is 0. The second-order valence-electron chi connectivity index (χ2n) is 0.476. The SMILES string of the molecule is O.O.O.O.O.O.O.O.O=[N+]([O-])O.O=[N+]([O-])O.[U]. The summed E-state index contributed by atoms with van der Waals surface area (Å²) in [5.41, 5.74) is 0. The summed E-state index contributed by atoms with van der Waals surface area (Å²) in [5, 5.41) is 27.3. The van der Waals surface area contributed by atoms with Crippen molar-refractivity contribution in [1.29, 1.82) is 0 Å². The molecule has 0 aromatic heterocycles. The fraction of sp³-hybridized carbons (Fsp3) is 0. The first-order valence-electron chi connectivity index (χ1n) is 1.13. The summed E-state index contributed by atoms with van der Waals surface area (Å²) < 4.78 is 0. The van der Waals surface area contributed by atoms with E-state index in [-0.39, 0.29) is 74.9 Å². The largest absolute Gasteiger partial charge is 0.412 e. The van der Waals surface area contributed by atoms with Gasteiger partial charge in [-0.05, 0) is 0 Å². The van der Waals surface area contributed by atoms with E-state index in [1.54, 1.807) is 0 Å². The molecule has 0 aliphatic carbocycles. The van der Waals surface area contributed by atoms with E-state index in [0.29, 0.717) is 0 Å². The van der Waals surface area contributed by atoms with Crippen LogP contribution in [-0.4, -0.2) is 64.4 Å². The molecule has 17 heavy (non-hydrogen) atoms. The van der Waals surface area contributed by atoms with Gasteiger partial charge in [0.25, 0.3) is 10.2 Å². The average Bonchev–Trinajstić information content (AvgIpc) is 1.25. The van der Waals surface area contributed by atoms with Crippen molar-refractivity contribution in [3.8, 4) is 0 Å². The van der Waals surface area contributed by atoms with Crippen molar-refractivity contribution in [1.82, 2.24) is 0 Å². The van der Waals surface area contributed by atoms with E-state index in [0.717, 1.165) is 0 Å². The first kappa shape index (κ1) is 140. The minimum absolute atomic E-state index is 0. The van der Waals surface area contributed by atoms with Crippen LogP contribution in [0.25, 0.3) is 0 Å². The molecule has 0 rings (SSSR count). The van der Waals surface area contributed by atoms with Gasteiger partial charge >= 0.3 is 0 Å². The van der Waals surface area contributed by atoms with Crippen LogP contribution < -0.4 is 0 Å². The molecule has 0 radical (unpaired) electrons. The molecule has 0 atom stereocenters. The Balaban J connectivity index is -0.00000000308. The molecule has 116 valence electrons. The van der Waals surface area contributed by atoms with E-state index < -0.39 is 10.2 Å². The Kier molecular flexibility index (Phi) is 947. The van der Waals surface area contributed by atoms with Crippen molar-refractivity contribution in [2.45, 2.75) is 0 Å². The van der Waals surface area contributed by atoms with Gasteiger partial charge < -0.3 is 54.2 Å². The molecular weight excluding hydrogens is 490 g/mol. The van der Waals surface area contributed by atoms with E-state index >= 15 is 0 Å². The Morgan fingerprint density at radius 1 is 0.588 bits per heavy atom. The molecule has 17 heteroatoms. The van der Waals surface area contributed by atoms with Crippen LogP contribution >= 0.6 is 0 Å². The smallest absolute Gasteiger partial charge is 0.291 e. The predicted octanol–water partition coefficient (Wildman–Crippen LogP) is -7.29. The zero-order valence-corrected chi connectivity index (χ0v) is 12.1. The summed E-state index contributed by atoms with van der Waals surface area (Å²) >= 11 is 0. The Labute approximate surface area is 116 Å². The van der Waals surface area contributed by atoms with Crippen molar-refractivity contribution in [3.63, 3.8) is 0 Å². The number of rotatable bonds is 0. The van der Waals surface area contributed by atoms with Crippen molar-refractivity contribution in [2.24, 2.45) is 0 Å². The van der Waals surface area contributed by atoms with Gasteiger partial charge in [0, 0.05) is 31.1 Å². The maximum absolute atomic E-state index is 8.36. The van der Waals surface area contributed by atoms with E-state index in [2.05, 4.69) is 0 Å². The molecule has 0 amide bonds. The molecule has 0 aliphatic heterocycles. The van der Waals surface area contributed by atoms with E-state index in [4.69, 9.17) is 30.6 Å². The van der Waals surface area contributed by atoms with Crippen LogP contribution in [0.5, 0.6) is 0 Å². The van der Waals surface area contributed by atoms with Gasteiger partial charge in [-0.25, -0.2) is 0 Å². The van der Waals surface area contributed by atoms with Crippen molar-refractivity contribution in [2.75, 3.05) is 0 Å². The first-order chi connectivity index (χ1) is 3.46. The van der Waals surface area contributed by atoms with Crippen LogP contribution in [0, 0.1) is 51.3 Å². The van der Waals surface area contributed by atoms with Gasteiger partial charge in [0.1, 0.15) is 0 Å². The average molecular weight is 508 g/mol. The van der Waals surface area contributed by atoms with Crippen LogP contribution in [0.3, 0.4) is 0 Å². The summed E-state index contributed by atoms with van der Waals surface area (Å²) in [6.45, 7) is 0. The molecule has 0 aliphatic rings. The molecule has 0 aromatic rings. The third-order valence-corrected chi connectivity index (χ3v) is 0. The van der Waals surface area contributed by atoms with Crippen molar-refractivity contribution >= 4 is 0 Å². The van der Waals surface area contributed by atoms with Gasteiger partial charge in [0.2, 0.25) is 0 Å². The molecule has 0 aromatic carbocycles. The summed E-state index contributed by atoms with van der Waals surface area (Å²) in [5.74, 6) is 0. The van der Waals surface area contributed by atoms with Crippen molar-refractivity contribution < 1.29 is 95.5 Å². The van der Waals surface area contributed by atoms with E-state index in [1.807, 2.05) is 0 Å². The van der Waals surface area contributed by atoms with Gasteiger partial charge in [-0.2, -0.15) is 0 Å². The minimum Gasteiger partial charge on any atom is -0.412 e. The normalized spacial score (nSPS) is 2.82. The van der Waals surface area contributed by atoms with Gasteiger partial charge in [-0.15, -0.1) is 20.2 Å². The fourth-order valence-corrected chi connectivity index (χ4v) is 0. The Hall–Kier alpha value is -0.868. The van der Waals surface area contributed by atoms with E-state index in [9.17, 15) is 0 Å². The Morgan fingerprint density at radius 2 is 0.588 bits per heavy atom. The summed E-state index contributed by atoms with van der Waals surface area (Å²) in [7, 11) is 0. The molecule has 0 bridgehead atoms.